The molecule has 0 unspecified atom stereocenters. The fourth-order valence-electron chi connectivity index (χ4n) is 2.28. The molecular formula is C16H18N2O. The van der Waals surface area contributed by atoms with Crippen molar-refractivity contribution in [2.45, 2.75) is 6.04 Å². The van der Waals surface area contributed by atoms with Crippen LogP contribution in [0.1, 0.15) is 11.6 Å². The summed E-state index contributed by atoms with van der Waals surface area (Å²) >= 11 is 0. The second-order valence-corrected chi connectivity index (χ2v) is 4.69. The lowest BCUT2D eigenvalue weighted by atomic mass is 10.1. The van der Waals surface area contributed by atoms with Gasteiger partial charge in [0.2, 0.25) is 0 Å². The quantitative estimate of drug-likeness (QED) is 0.883. The zero-order valence-corrected chi connectivity index (χ0v) is 10.8. The maximum absolute atomic E-state index is 5.78. The van der Waals surface area contributed by atoms with Crippen LogP contribution in [0.5, 0.6) is 11.5 Å². The van der Waals surface area contributed by atoms with E-state index in [0.29, 0.717) is 6.04 Å². The highest BCUT2D eigenvalue weighted by atomic mass is 16.5. The first kappa shape index (κ1) is 12.2. The molecule has 1 fully saturated rings. The monoisotopic (exact) mass is 254 g/mol. The largest absolute Gasteiger partial charge is 0.457 e. The van der Waals surface area contributed by atoms with E-state index in [9.17, 15) is 0 Å². The molecule has 0 spiro atoms. The zero-order valence-electron chi connectivity index (χ0n) is 10.8. The predicted molar refractivity (Wildman–Crippen MR) is 76.6 cm³/mol. The van der Waals surface area contributed by atoms with Crippen LogP contribution in [-0.2, 0) is 0 Å². The van der Waals surface area contributed by atoms with Crippen LogP contribution in [0.3, 0.4) is 0 Å². The Morgan fingerprint density at radius 3 is 2.26 bits per heavy atom. The van der Waals surface area contributed by atoms with Crippen LogP contribution in [0.15, 0.2) is 54.6 Å². The lowest BCUT2D eigenvalue weighted by Crippen LogP contribution is -2.42. The molecule has 1 heterocycles. The van der Waals surface area contributed by atoms with E-state index in [0.717, 1.165) is 31.1 Å². The number of benzene rings is 2. The summed E-state index contributed by atoms with van der Waals surface area (Å²) in [5.41, 5.74) is 1.30. The van der Waals surface area contributed by atoms with Crippen molar-refractivity contribution >= 4 is 0 Å². The minimum absolute atomic E-state index is 0.402. The molecule has 0 aromatic heterocycles. The first-order valence-corrected chi connectivity index (χ1v) is 6.69. The highest BCUT2D eigenvalue weighted by Crippen LogP contribution is 2.23. The van der Waals surface area contributed by atoms with Gasteiger partial charge in [0.05, 0.1) is 0 Å². The van der Waals surface area contributed by atoms with Gasteiger partial charge in [-0.3, -0.25) is 0 Å². The number of para-hydroxylation sites is 1. The Hall–Kier alpha value is -1.84. The Bertz CT molecular complexity index is 504. The summed E-state index contributed by atoms with van der Waals surface area (Å²) in [7, 11) is 0. The van der Waals surface area contributed by atoms with E-state index in [-0.39, 0.29) is 0 Å². The molecule has 1 saturated heterocycles. The summed E-state index contributed by atoms with van der Waals surface area (Å²) in [4.78, 5) is 0. The number of ether oxygens (including phenoxy) is 1. The van der Waals surface area contributed by atoms with E-state index in [1.807, 2.05) is 42.5 Å². The lowest BCUT2D eigenvalue weighted by Gasteiger charge is -2.24. The van der Waals surface area contributed by atoms with Crippen LogP contribution in [-0.4, -0.2) is 19.6 Å². The van der Waals surface area contributed by atoms with E-state index in [2.05, 4.69) is 22.8 Å². The minimum atomic E-state index is 0.402. The molecule has 3 rings (SSSR count). The zero-order chi connectivity index (χ0) is 12.9. The van der Waals surface area contributed by atoms with Crippen LogP contribution in [0.25, 0.3) is 0 Å². The molecule has 0 bridgehead atoms. The SMILES string of the molecule is c1ccc(Oc2ccc([C@H]3CNCCN3)cc2)cc1. The van der Waals surface area contributed by atoms with Gasteiger partial charge in [-0.15, -0.1) is 0 Å². The van der Waals surface area contributed by atoms with Gasteiger partial charge in [-0.05, 0) is 29.8 Å². The number of piperazine rings is 1. The van der Waals surface area contributed by atoms with Crippen molar-refractivity contribution in [3.8, 4) is 11.5 Å². The highest BCUT2D eigenvalue weighted by Gasteiger charge is 2.13. The molecule has 98 valence electrons. The average molecular weight is 254 g/mol. The molecule has 3 nitrogen and oxygen atoms in total. The van der Waals surface area contributed by atoms with E-state index in [1.165, 1.54) is 5.56 Å². The normalized spacial score (nSPS) is 19.1. The Balaban J connectivity index is 1.68. The minimum Gasteiger partial charge on any atom is -0.457 e. The molecule has 0 saturated carbocycles. The van der Waals surface area contributed by atoms with Gasteiger partial charge in [0.25, 0.3) is 0 Å². The Morgan fingerprint density at radius 2 is 1.58 bits per heavy atom. The molecule has 0 amide bonds. The molecule has 0 aliphatic carbocycles. The van der Waals surface area contributed by atoms with Crippen LogP contribution < -0.4 is 15.4 Å². The van der Waals surface area contributed by atoms with Gasteiger partial charge in [0.15, 0.2) is 0 Å². The molecule has 1 aliphatic rings. The highest BCUT2D eigenvalue weighted by molar-refractivity contribution is 5.34. The van der Waals surface area contributed by atoms with E-state index in [4.69, 9.17) is 4.74 Å². The summed E-state index contributed by atoms with van der Waals surface area (Å²) in [5.74, 6) is 1.74. The van der Waals surface area contributed by atoms with Gasteiger partial charge in [0.1, 0.15) is 11.5 Å². The summed E-state index contributed by atoms with van der Waals surface area (Å²) in [6.45, 7) is 3.05. The molecule has 2 aromatic rings. The fourth-order valence-corrected chi connectivity index (χ4v) is 2.28. The third-order valence-corrected chi connectivity index (χ3v) is 3.30. The maximum atomic E-state index is 5.78. The van der Waals surface area contributed by atoms with Crippen LogP contribution in [0.2, 0.25) is 0 Å². The molecule has 1 aliphatic heterocycles. The third kappa shape index (κ3) is 3.13. The van der Waals surface area contributed by atoms with Crippen molar-refractivity contribution in [2.24, 2.45) is 0 Å². The Labute approximate surface area is 113 Å². The molecule has 0 radical (unpaired) electrons. The van der Waals surface area contributed by atoms with Gasteiger partial charge in [0, 0.05) is 25.7 Å². The molecular weight excluding hydrogens is 236 g/mol. The summed E-state index contributed by atoms with van der Waals surface area (Å²) in [6, 6.07) is 18.6. The van der Waals surface area contributed by atoms with Crippen molar-refractivity contribution in [1.82, 2.24) is 10.6 Å². The molecule has 1 atom stereocenters. The van der Waals surface area contributed by atoms with Gasteiger partial charge in [-0.1, -0.05) is 30.3 Å². The molecule has 2 aromatic carbocycles. The van der Waals surface area contributed by atoms with E-state index >= 15 is 0 Å². The second-order valence-electron chi connectivity index (χ2n) is 4.69. The molecule has 19 heavy (non-hydrogen) atoms. The third-order valence-electron chi connectivity index (χ3n) is 3.30. The van der Waals surface area contributed by atoms with Gasteiger partial charge >= 0.3 is 0 Å². The standard InChI is InChI=1S/C16H18N2O/c1-2-4-14(5-3-1)19-15-8-6-13(7-9-15)16-12-17-10-11-18-16/h1-9,16-18H,10-12H2/t16-/m1/s1. The van der Waals surface area contributed by atoms with Crippen molar-refractivity contribution in [2.75, 3.05) is 19.6 Å². The van der Waals surface area contributed by atoms with Crippen molar-refractivity contribution in [1.29, 1.82) is 0 Å². The average Bonchev–Trinajstić information content (AvgIpc) is 2.50. The molecule has 2 N–H and O–H groups in total. The van der Waals surface area contributed by atoms with Crippen LogP contribution in [0.4, 0.5) is 0 Å². The second kappa shape index (κ2) is 5.87. The summed E-state index contributed by atoms with van der Waals surface area (Å²) in [6.07, 6.45) is 0. The topological polar surface area (TPSA) is 33.3 Å². The lowest BCUT2D eigenvalue weighted by molar-refractivity contribution is 0.429. The number of nitrogens with one attached hydrogen (secondary N) is 2. The Morgan fingerprint density at radius 1 is 0.842 bits per heavy atom. The van der Waals surface area contributed by atoms with Crippen molar-refractivity contribution < 1.29 is 4.74 Å². The van der Waals surface area contributed by atoms with Crippen molar-refractivity contribution in [3.63, 3.8) is 0 Å². The van der Waals surface area contributed by atoms with Gasteiger partial charge < -0.3 is 15.4 Å². The number of hydrogen-bond acceptors (Lipinski definition) is 3. The first-order valence-electron chi connectivity index (χ1n) is 6.69. The van der Waals surface area contributed by atoms with Crippen LogP contribution >= 0.6 is 0 Å². The smallest absolute Gasteiger partial charge is 0.127 e. The predicted octanol–water partition coefficient (Wildman–Crippen LogP) is 2.71. The Kier molecular flexibility index (Phi) is 3.77. The number of rotatable bonds is 3. The number of hydrogen-bond donors (Lipinski definition) is 2. The summed E-state index contributed by atoms with van der Waals surface area (Å²) in [5, 5.41) is 6.90. The van der Waals surface area contributed by atoms with Gasteiger partial charge in [-0.2, -0.15) is 0 Å². The molecule has 3 heteroatoms. The first-order chi connectivity index (χ1) is 9.42. The van der Waals surface area contributed by atoms with Crippen molar-refractivity contribution in [3.05, 3.63) is 60.2 Å². The van der Waals surface area contributed by atoms with E-state index < -0.39 is 0 Å². The van der Waals surface area contributed by atoms with Crippen LogP contribution in [0, 0.1) is 0 Å². The fraction of sp³-hybridized carbons (Fsp3) is 0.250. The van der Waals surface area contributed by atoms with E-state index in [1.54, 1.807) is 0 Å². The maximum Gasteiger partial charge on any atom is 0.127 e. The summed E-state index contributed by atoms with van der Waals surface area (Å²) < 4.78 is 5.78. The van der Waals surface area contributed by atoms with Gasteiger partial charge in [-0.25, -0.2) is 0 Å².